The summed E-state index contributed by atoms with van der Waals surface area (Å²) in [5.74, 6) is -1.04. The van der Waals surface area contributed by atoms with Gasteiger partial charge in [-0.2, -0.15) is 0 Å². The van der Waals surface area contributed by atoms with Gasteiger partial charge in [-0.3, -0.25) is 4.79 Å². The maximum absolute atomic E-state index is 12.2. The van der Waals surface area contributed by atoms with Gasteiger partial charge in [0.1, 0.15) is 12.1 Å². The molecule has 0 bridgehead atoms. The maximum Gasteiger partial charge on any atom is 0.513 e. The molecule has 0 fully saturated rings. The van der Waals surface area contributed by atoms with E-state index in [-0.39, 0.29) is 62.0 Å². The zero-order chi connectivity index (χ0) is 30.2. The first-order valence-corrected chi connectivity index (χ1v) is 13.4. The molecular formula is C28H43NO11. The van der Waals surface area contributed by atoms with Crippen LogP contribution in [-0.4, -0.2) is 68.1 Å². The SMILES string of the molecule is CCC(C)COC(=O)OC(C)CN[C@@H](Cc1ccc(OC(=O)OCC(C)C)c(OC(=O)OCC(C)C)c1)C(=O)O. The Morgan fingerprint density at radius 1 is 0.800 bits per heavy atom. The lowest BCUT2D eigenvalue weighted by atomic mass is 10.0. The summed E-state index contributed by atoms with van der Waals surface area (Å²) in [6.07, 6.45) is -2.65. The van der Waals surface area contributed by atoms with Gasteiger partial charge in [0.25, 0.3) is 0 Å². The molecule has 1 rings (SSSR count). The first-order chi connectivity index (χ1) is 18.8. The van der Waals surface area contributed by atoms with Crippen molar-refractivity contribution in [2.75, 3.05) is 26.4 Å². The summed E-state index contributed by atoms with van der Waals surface area (Å²) in [5.41, 5.74) is 0.455. The Hall–Kier alpha value is -3.54. The molecule has 3 atom stereocenters. The van der Waals surface area contributed by atoms with E-state index in [1.807, 2.05) is 41.5 Å². The molecule has 226 valence electrons. The quantitative estimate of drug-likeness (QED) is 0.153. The monoisotopic (exact) mass is 569 g/mol. The molecule has 12 heteroatoms. The van der Waals surface area contributed by atoms with Gasteiger partial charge in [0.15, 0.2) is 11.5 Å². The lowest BCUT2D eigenvalue weighted by Gasteiger charge is -2.19. The third kappa shape index (κ3) is 14.6. The first kappa shape index (κ1) is 34.5. The Bertz CT molecular complexity index is 964. The highest BCUT2D eigenvalue weighted by atomic mass is 16.7. The summed E-state index contributed by atoms with van der Waals surface area (Å²) in [6.45, 7) is 13.5. The number of hydrogen-bond donors (Lipinski definition) is 2. The topological polar surface area (TPSA) is 156 Å². The second kappa shape index (κ2) is 17.9. The van der Waals surface area contributed by atoms with Crippen LogP contribution in [0.15, 0.2) is 18.2 Å². The van der Waals surface area contributed by atoms with Crippen LogP contribution < -0.4 is 14.8 Å². The summed E-state index contributed by atoms with van der Waals surface area (Å²) in [7, 11) is 0. The number of hydrogen-bond acceptors (Lipinski definition) is 11. The predicted molar refractivity (Wildman–Crippen MR) is 145 cm³/mol. The van der Waals surface area contributed by atoms with Crippen LogP contribution in [0.25, 0.3) is 0 Å². The number of carbonyl (C=O) groups is 4. The summed E-state index contributed by atoms with van der Waals surface area (Å²) >= 11 is 0. The van der Waals surface area contributed by atoms with Crippen molar-refractivity contribution >= 4 is 24.4 Å². The molecule has 0 aromatic heterocycles. The standard InChI is InChI=1S/C28H43NO11/c1-8-19(6)16-37-26(32)38-20(7)13-29-22(25(30)31)11-21-9-10-23(39-27(33)35-14-17(2)3)24(12-21)40-28(34)36-15-18(4)5/h9-10,12,17-20,22,29H,8,11,13-16H2,1-7H3,(H,30,31)/t19?,20?,22-/m0/s1. The molecule has 0 saturated heterocycles. The van der Waals surface area contributed by atoms with E-state index in [0.29, 0.717) is 5.56 Å². The molecule has 0 aliphatic heterocycles. The van der Waals surface area contributed by atoms with Gasteiger partial charge in [0, 0.05) is 6.54 Å². The van der Waals surface area contributed by atoms with Gasteiger partial charge in [-0.25, -0.2) is 14.4 Å². The van der Waals surface area contributed by atoms with Gasteiger partial charge in [-0.15, -0.1) is 0 Å². The Kier molecular flexibility index (Phi) is 15.5. The van der Waals surface area contributed by atoms with E-state index < -0.39 is 36.6 Å². The summed E-state index contributed by atoms with van der Waals surface area (Å²) < 4.78 is 30.8. The number of carboxylic acid groups (broad SMARTS) is 1. The van der Waals surface area contributed by atoms with Crippen LogP contribution in [0.3, 0.4) is 0 Å². The van der Waals surface area contributed by atoms with E-state index in [1.165, 1.54) is 18.2 Å². The normalized spacial score (nSPS) is 13.2. The lowest BCUT2D eigenvalue weighted by molar-refractivity contribution is -0.139. The van der Waals surface area contributed by atoms with E-state index in [0.717, 1.165) is 6.42 Å². The van der Waals surface area contributed by atoms with Crippen molar-refractivity contribution in [3.63, 3.8) is 0 Å². The molecule has 0 heterocycles. The van der Waals surface area contributed by atoms with Crippen LogP contribution in [0.1, 0.15) is 60.5 Å². The average molecular weight is 570 g/mol. The summed E-state index contributed by atoms with van der Waals surface area (Å²) in [5, 5.41) is 12.6. The highest BCUT2D eigenvalue weighted by Crippen LogP contribution is 2.30. The van der Waals surface area contributed by atoms with Crippen molar-refractivity contribution in [2.45, 2.75) is 73.5 Å². The fourth-order valence-electron chi connectivity index (χ4n) is 2.91. The van der Waals surface area contributed by atoms with E-state index in [4.69, 9.17) is 28.4 Å². The largest absolute Gasteiger partial charge is 0.513 e. The molecule has 1 aromatic carbocycles. The van der Waals surface area contributed by atoms with E-state index in [9.17, 15) is 24.3 Å². The molecule has 12 nitrogen and oxygen atoms in total. The van der Waals surface area contributed by atoms with Crippen molar-refractivity contribution < 1.29 is 52.7 Å². The number of aliphatic carboxylic acids is 1. The second-order valence-corrected chi connectivity index (χ2v) is 10.4. The van der Waals surface area contributed by atoms with Crippen LogP contribution >= 0.6 is 0 Å². The minimum Gasteiger partial charge on any atom is -0.480 e. The summed E-state index contributed by atoms with van der Waals surface area (Å²) in [4.78, 5) is 48.1. The number of ether oxygens (including phenoxy) is 6. The van der Waals surface area contributed by atoms with Gasteiger partial charge >= 0.3 is 24.4 Å². The summed E-state index contributed by atoms with van der Waals surface area (Å²) in [6, 6.07) is 3.20. The molecule has 0 aliphatic rings. The Morgan fingerprint density at radius 2 is 1.35 bits per heavy atom. The third-order valence-electron chi connectivity index (χ3n) is 5.33. The molecule has 0 amide bonds. The molecule has 0 spiro atoms. The zero-order valence-electron chi connectivity index (χ0n) is 24.4. The van der Waals surface area contributed by atoms with Crippen molar-refractivity contribution in [1.82, 2.24) is 5.32 Å². The van der Waals surface area contributed by atoms with Gasteiger partial charge in [-0.1, -0.05) is 54.0 Å². The number of carboxylic acids is 1. The van der Waals surface area contributed by atoms with Crippen LogP contribution in [0.2, 0.25) is 0 Å². The van der Waals surface area contributed by atoms with Crippen molar-refractivity contribution in [1.29, 1.82) is 0 Å². The number of rotatable bonds is 16. The highest BCUT2D eigenvalue weighted by molar-refractivity contribution is 5.74. The Balaban J connectivity index is 2.92. The zero-order valence-corrected chi connectivity index (χ0v) is 24.4. The Morgan fingerprint density at radius 3 is 1.88 bits per heavy atom. The first-order valence-electron chi connectivity index (χ1n) is 13.4. The molecule has 0 radical (unpaired) electrons. The number of benzene rings is 1. The average Bonchev–Trinajstić information content (AvgIpc) is 2.88. The van der Waals surface area contributed by atoms with Crippen LogP contribution in [-0.2, 0) is 30.2 Å². The van der Waals surface area contributed by atoms with Crippen molar-refractivity contribution in [3.8, 4) is 11.5 Å². The third-order valence-corrected chi connectivity index (χ3v) is 5.33. The Labute approximate surface area is 235 Å². The maximum atomic E-state index is 12.2. The fourth-order valence-corrected chi connectivity index (χ4v) is 2.91. The van der Waals surface area contributed by atoms with E-state index in [1.54, 1.807) is 6.92 Å². The van der Waals surface area contributed by atoms with Gasteiger partial charge in [0.05, 0.1) is 19.8 Å². The van der Waals surface area contributed by atoms with Gasteiger partial charge < -0.3 is 38.8 Å². The minimum absolute atomic E-state index is 0.0318. The molecule has 0 aliphatic carbocycles. The fraction of sp³-hybridized carbons (Fsp3) is 0.643. The van der Waals surface area contributed by atoms with Crippen LogP contribution in [0.5, 0.6) is 11.5 Å². The van der Waals surface area contributed by atoms with E-state index in [2.05, 4.69) is 5.32 Å². The number of nitrogens with one attached hydrogen (secondary N) is 1. The van der Waals surface area contributed by atoms with E-state index >= 15 is 0 Å². The molecular weight excluding hydrogens is 526 g/mol. The lowest BCUT2D eigenvalue weighted by Crippen LogP contribution is -2.42. The van der Waals surface area contributed by atoms with Crippen molar-refractivity contribution in [3.05, 3.63) is 23.8 Å². The van der Waals surface area contributed by atoms with Gasteiger partial charge in [0.2, 0.25) is 0 Å². The number of carbonyl (C=O) groups excluding carboxylic acids is 3. The highest BCUT2D eigenvalue weighted by Gasteiger charge is 2.23. The van der Waals surface area contributed by atoms with Crippen LogP contribution in [0, 0.1) is 17.8 Å². The predicted octanol–water partition coefficient (Wildman–Crippen LogP) is 5.20. The molecule has 0 saturated carbocycles. The smallest absolute Gasteiger partial charge is 0.480 e. The molecule has 2 N–H and O–H groups in total. The molecule has 40 heavy (non-hydrogen) atoms. The molecule has 2 unspecified atom stereocenters. The van der Waals surface area contributed by atoms with Gasteiger partial charge in [-0.05, 0) is 48.8 Å². The minimum atomic E-state index is -1.15. The second-order valence-electron chi connectivity index (χ2n) is 10.4. The van der Waals surface area contributed by atoms with Crippen molar-refractivity contribution in [2.24, 2.45) is 17.8 Å². The molecule has 1 aromatic rings. The van der Waals surface area contributed by atoms with Crippen LogP contribution in [0.4, 0.5) is 14.4 Å².